The fraction of sp³-hybridized carbons (Fsp3) is 0.381. The molecule has 2 aromatic carbocycles. The second-order valence-electron chi connectivity index (χ2n) is 6.95. The predicted molar refractivity (Wildman–Crippen MR) is 112 cm³/mol. The number of hydrogen-bond acceptors (Lipinski definition) is 5. The van der Waals surface area contributed by atoms with Crippen molar-refractivity contribution in [1.82, 2.24) is 9.62 Å². The van der Waals surface area contributed by atoms with Crippen LogP contribution in [-0.4, -0.2) is 45.9 Å². The molecule has 2 aromatic rings. The summed E-state index contributed by atoms with van der Waals surface area (Å²) < 4.78 is 36.9. The Hall–Kier alpha value is -2.58. The maximum atomic E-state index is 12.6. The molecule has 0 aliphatic carbocycles. The third-order valence-corrected chi connectivity index (χ3v) is 6.82. The van der Waals surface area contributed by atoms with Crippen molar-refractivity contribution in [3.63, 3.8) is 0 Å². The van der Waals surface area contributed by atoms with Gasteiger partial charge < -0.3 is 14.8 Å². The highest BCUT2D eigenvalue weighted by molar-refractivity contribution is 7.89. The maximum Gasteiger partial charge on any atom is 0.251 e. The summed E-state index contributed by atoms with van der Waals surface area (Å²) in [6.07, 6.45) is 0. The van der Waals surface area contributed by atoms with Gasteiger partial charge in [0.25, 0.3) is 5.91 Å². The standard InChI is InChI=1S/C21H28N2O5S/c1-14(2)23(4)29(25,26)18-10-7-16(8-11-18)21(24)22-15(3)17-9-12-19(27-5)20(13-17)28-6/h7-15H,1-6H3,(H,22,24). The monoisotopic (exact) mass is 420 g/mol. The van der Waals surface area contributed by atoms with E-state index in [1.165, 1.54) is 35.6 Å². The molecule has 0 aromatic heterocycles. The van der Waals surface area contributed by atoms with Crippen molar-refractivity contribution in [2.75, 3.05) is 21.3 Å². The van der Waals surface area contributed by atoms with Gasteiger partial charge in [-0.3, -0.25) is 4.79 Å². The van der Waals surface area contributed by atoms with Crippen molar-refractivity contribution < 1.29 is 22.7 Å². The number of carbonyl (C=O) groups is 1. The summed E-state index contributed by atoms with van der Waals surface area (Å²) in [5.41, 5.74) is 1.23. The van der Waals surface area contributed by atoms with Gasteiger partial charge in [0.15, 0.2) is 11.5 Å². The average Bonchev–Trinajstić information content (AvgIpc) is 2.72. The first-order valence-corrected chi connectivity index (χ1v) is 10.7. The van der Waals surface area contributed by atoms with E-state index in [0.29, 0.717) is 17.1 Å². The van der Waals surface area contributed by atoms with Crippen molar-refractivity contribution in [3.8, 4) is 11.5 Å². The number of hydrogen-bond donors (Lipinski definition) is 1. The van der Waals surface area contributed by atoms with Gasteiger partial charge in [-0.25, -0.2) is 8.42 Å². The number of rotatable bonds is 8. The zero-order valence-corrected chi connectivity index (χ0v) is 18.4. The van der Waals surface area contributed by atoms with E-state index in [4.69, 9.17) is 9.47 Å². The Bertz CT molecular complexity index is 956. The first-order chi connectivity index (χ1) is 13.6. The van der Waals surface area contributed by atoms with E-state index in [-0.39, 0.29) is 22.9 Å². The number of methoxy groups -OCH3 is 2. The summed E-state index contributed by atoms with van der Waals surface area (Å²) >= 11 is 0. The highest BCUT2D eigenvalue weighted by Gasteiger charge is 2.23. The van der Waals surface area contributed by atoms with Gasteiger partial charge in [0.05, 0.1) is 25.2 Å². The summed E-state index contributed by atoms with van der Waals surface area (Å²) in [6, 6.07) is 10.9. The molecule has 0 saturated heterocycles. The largest absolute Gasteiger partial charge is 0.493 e. The smallest absolute Gasteiger partial charge is 0.251 e. The van der Waals surface area contributed by atoms with Crippen LogP contribution < -0.4 is 14.8 Å². The lowest BCUT2D eigenvalue weighted by Gasteiger charge is -2.21. The summed E-state index contributed by atoms with van der Waals surface area (Å²) in [7, 11) is 1.06. The van der Waals surface area contributed by atoms with E-state index < -0.39 is 10.0 Å². The van der Waals surface area contributed by atoms with E-state index >= 15 is 0 Å². The fourth-order valence-electron chi connectivity index (χ4n) is 2.71. The fourth-order valence-corrected chi connectivity index (χ4v) is 4.08. The molecule has 0 bridgehead atoms. The lowest BCUT2D eigenvalue weighted by Crippen LogP contribution is -2.33. The van der Waals surface area contributed by atoms with Gasteiger partial charge in [-0.05, 0) is 62.7 Å². The molecule has 1 amide bonds. The molecule has 8 heteroatoms. The second-order valence-corrected chi connectivity index (χ2v) is 8.95. The van der Waals surface area contributed by atoms with Crippen molar-refractivity contribution in [2.24, 2.45) is 0 Å². The molecule has 158 valence electrons. The van der Waals surface area contributed by atoms with Crippen LogP contribution in [0.3, 0.4) is 0 Å². The SMILES string of the molecule is COc1ccc(C(C)NC(=O)c2ccc(S(=O)(=O)N(C)C(C)C)cc2)cc1OC. The molecule has 0 radical (unpaired) electrons. The molecule has 0 spiro atoms. The van der Waals surface area contributed by atoms with Crippen LogP contribution in [0.4, 0.5) is 0 Å². The minimum absolute atomic E-state index is 0.151. The Balaban J connectivity index is 2.15. The summed E-state index contributed by atoms with van der Waals surface area (Å²) in [6.45, 7) is 5.46. The van der Waals surface area contributed by atoms with Gasteiger partial charge in [0.2, 0.25) is 10.0 Å². The molecular weight excluding hydrogens is 392 g/mol. The van der Waals surface area contributed by atoms with Gasteiger partial charge in [0.1, 0.15) is 0 Å². The molecule has 29 heavy (non-hydrogen) atoms. The van der Waals surface area contributed by atoms with E-state index in [1.54, 1.807) is 40.2 Å². The Morgan fingerprint density at radius 3 is 2.07 bits per heavy atom. The van der Waals surface area contributed by atoms with E-state index in [2.05, 4.69) is 5.32 Å². The van der Waals surface area contributed by atoms with Gasteiger partial charge in [-0.1, -0.05) is 6.07 Å². The Labute approximate surface area is 172 Å². The Morgan fingerprint density at radius 1 is 0.966 bits per heavy atom. The van der Waals surface area contributed by atoms with Crippen LogP contribution in [0.5, 0.6) is 11.5 Å². The molecule has 0 aliphatic heterocycles. The third kappa shape index (κ3) is 5.07. The molecule has 1 N–H and O–H groups in total. The molecule has 0 fully saturated rings. The van der Waals surface area contributed by atoms with Gasteiger partial charge in [-0.15, -0.1) is 0 Å². The maximum absolute atomic E-state index is 12.6. The topological polar surface area (TPSA) is 84.9 Å². The molecule has 1 atom stereocenters. The first kappa shape index (κ1) is 22.7. The van der Waals surface area contributed by atoms with Crippen LogP contribution in [0.15, 0.2) is 47.4 Å². The number of nitrogens with zero attached hydrogens (tertiary/aromatic N) is 1. The summed E-state index contributed by atoms with van der Waals surface area (Å²) in [5.74, 6) is 0.890. The minimum atomic E-state index is -3.59. The quantitative estimate of drug-likeness (QED) is 0.709. The zero-order valence-electron chi connectivity index (χ0n) is 17.6. The van der Waals surface area contributed by atoms with Gasteiger partial charge in [-0.2, -0.15) is 4.31 Å². The van der Waals surface area contributed by atoms with Crippen LogP contribution in [-0.2, 0) is 10.0 Å². The highest BCUT2D eigenvalue weighted by Crippen LogP contribution is 2.30. The normalized spacial score (nSPS) is 12.7. The Kier molecular flexibility index (Phi) is 7.26. The molecule has 0 saturated carbocycles. The lowest BCUT2D eigenvalue weighted by atomic mass is 10.1. The number of benzene rings is 2. The van der Waals surface area contributed by atoms with Crippen LogP contribution in [0, 0.1) is 0 Å². The number of sulfonamides is 1. The number of ether oxygens (including phenoxy) is 2. The molecular formula is C21H28N2O5S. The molecule has 0 heterocycles. The Morgan fingerprint density at radius 2 is 1.55 bits per heavy atom. The van der Waals surface area contributed by atoms with Crippen LogP contribution in [0.25, 0.3) is 0 Å². The van der Waals surface area contributed by atoms with Crippen LogP contribution in [0.2, 0.25) is 0 Å². The number of carbonyl (C=O) groups excluding carboxylic acids is 1. The molecule has 0 aliphatic rings. The average molecular weight is 421 g/mol. The second kappa shape index (κ2) is 9.28. The number of amides is 1. The number of nitrogens with one attached hydrogen (secondary N) is 1. The lowest BCUT2D eigenvalue weighted by molar-refractivity contribution is 0.0939. The summed E-state index contributed by atoms with van der Waals surface area (Å²) in [4.78, 5) is 12.7. The van der Waals surface area contributed by atoms with E-state index in [0.717, 1.165) is 5.56 Å². The minimum Gasteiger partial charge on any atom is -0.493 e. The van der Waals surface area contributed by atoms with E-state index in [1.807, 2.05) is 13.0 Å². The van der Waals surface area contributed by atoms with Gasteiger partial charge in [0, 0.05) is 18.7 Å². The predicted octanol–water partition coefficient (Wildman–Crippen LogP) is 3.22. The van der Waals surface area contributed by atoms with Crippen molar-refractivity contribution in [3.05, 3.63) is 53.6 Å². The molecule has 7 nitrogen and oxygen atoms in total. The van der Waals surface area contributed by atoms with Crippen LogP contribution >= 0.6 is 0 Å². The zero-order chi connectivity index (χ0) is 21.8. The van der Waals surface area contributed by atoms with Crippen molar-refractivity contribution >= 4 is 15.9 Å². The first-order valence-electron chi connectivity index (χ1n) is 9.22. The van der Waals surface area contributed by atoms with Gasteiger partial charge >= 0.3 is 0 Å². The summed E-state index contributed by atoms with van der Waals surface area (Å²) in [5, 5.41) is 2.91. The van der Waals surface area contributed by atoms with E-state index in [9.17, 15) is 13.2 Å². The third-order valence-electron chi connectivity index (χ3n) is 4.78. The molecule has 1 unspecified atom stereocenters. The van der Waals surface area contributed by atoms with Crippen molar-refractivity contribution in [2.45, 2.75) is 37.8 Å². The molecule has 2 rings (SSSR count). The van der Waals surface area contributed by atoms with Crippen molar-refractivity contribution in [1.29, 1.82) is 0 Å². The van der Waals surface area contributed by atoms with Crippen LogP contribution in [0.1, 0.15) is 42.7 Å². The highest BCUT2D eigenvalue weighted by atomic mass is 32.2.